The van der Waals surface area contributed by atoms with Crippen molar-refractivity contribution in [1.82, 2.24) is 16.0 Å². The van der Waals surface area contributed by atoms with Crippen LogP contribution in [0.25, 0.3) is 0 Å². The van der Waals surface area contributed by atoms with E-state index >= 15 is 0 Å². The Morgan fingerprint density at radius 2 is 2.05 bits per heavy atom. The van der Waals surface area contributed by atoms with E-state index in [9.17, 15) is 9.90 Å². The molecule has 1 aliphatic heterocycles. The molecule has 1 saturated heterocycles. The quantitative estimate of drug-likeness (QED) is 0.687. The Morgan fingerprint density at radius 3 is 2.59 bits per heavy atom. The van der Waals surface area contributed by atoms with Crippen LogP contribution in [-0.2, 0) is 0 Å². The molecule has 1 unspecified atom stereocenters. The highest BCUT2D eigenvalue weighted by molar-refractivity contribution is 7.07. The SMILES string of the molecule is CC1(C)CC(NC(=O)NCC(O)c2ccsc2)CC(C)(C)N1. The molecule has 124 valence electrons. The van der Waals surface area contributed by atoms with E-state index in [-0.39, 0.29) is 29.7 Å². The summed E-state index contributed by atoms with van der Waals surface area (Å²) in [7, 11) is 0. The second-order valence-electron chi connectivity index (χ2n) is 7.42. The molecule has 0 bridgehead atoms. The lowest BCUT2D eigenvalue weighted by Gasteiger charge is -2.46. The molecule has 1 fully saturated rings. The first-order valence-electron chi connectivity index (χ1n) is 7.71. The van der Waals surface area contributed by atoms with Crippen LogP contribution in [0, 0.1) is 0 Å². The lowest BCUT2D eigenvalue weighted by atomic mass is 9.80. The lowest BCUT2D eigenvalue weighted by molar-refractivity contribution is 0.144. The standard InChI is InChI=1S/C16H27N3O2S/c1-15(2)7-12(8-16(3,4)19-15)18-14(21)17-9-13(20)11-5-6-22-10-11/h5-6,10,12-13,19-20H,7-9H2,1-4H3,(H2,17,18,21). The van der Waals surface area contributed by atoms with E-state index in [0.29, 0.717) is 0 Å². The van der Waals surface area contributed by atoms with Crippen LogP contribution in [0.4, 0.5) is 4.79 Å². The summed E-state index contributed by atoms with van der Waals surface area (Å²) < 4.78 is 0. The highest BCUT2D eigenvalue weighted by Gasteiger charge is 2.38. The molecule has 0 saturated carbocycles. The minimum atomic E-state index is -0.655. The van der Waals surface area contributed by atoms with Crippen molar-refractivity contribution in [1.29, 1.82) is 0 Å². The number of aliphatic hydroxyl groups is 1. The fourth-order valence-electron chi connectivity index (χ4n) is 3.43. The minimum absolute atomic E-state index is 0.00408. The molecule has 1 atom stereocenters. The number of carbonyl (C=O) groups excluding carboxylic acids is 1. The van der Waals surface area contributed by atoms with Crippen LogP contribution in [0.5, 0.6) is 0 Å². The van der Waals surface area contributed by atoms with Gasteiger partial charge in [0.25, 0.3) is 0 Å². The first kappa shape index (κ1) is 17.2. The number of piperidine rings is 1. The molecule has 0 spiro atoms. The minimum Gasteiger partial charge on any atom is -0.387 e. The molecule has 0 aliphatic carbocycles. The van der Waals surface area contributed by atoms with Crippen LogP contribution in [0.3, 0.4) is 0 Å². The van der Waals surface area contributed by atoms with Gasteiger partial charge in [-0.2, -0.15) is 11.3 Å². The summed E-state index contributed by atoms with van der Waals surface area (Å²) in [4.78, 5) is 12.1. The van der Waals surface area contributed by atoms with Gasteiger partial charge in [0, 0.05) is 23.7 Å². The molecular formula is C16H27N3O2S. The molecule has 5 nitrogen and oxygen atoms in total. The zero-order valence-electron chi connectivity index (χ0n) is 13.8. The van der Waals surface area contributed by atoms with E-state index in [1.54, 1.807) is 0 Å². The number of nitrogens with one attached hydrogen (secondary N) is 3. The van der Waals surface area contributed by atoms with Gasteiger partial charge in [0.15, 0.2) is 0 Å². The fourth-order valence-corrected chi connectivity index (χ4v) is 4.14. The molecule has 0 radical (unpaired) electrons. The Bertz CT molecular complexity index is 483. The molecule has 1 aromatic heterocycles. The Balaban J connectivity index is 1.81. The zero-order valence-corrected chi connectivity index (χ0v) is 14.6. The lowest BCUT2D eigenvalue weighted by Crippen LogP contribution is -2.62. The van der Waals surface area contributed by atoms with E-state index in [2.05, 4.69) is 43.6 Å². The smallest absolute Gasteiger partial charge is 0.315 e. The highest BCUT2D eigenvalue weighted by Crippen LogP contribution is 2.28. The molecule has 22 heavy (non-hydrogen) atoms. The van der Waals surface area contributed by atoms with Crippen molar-refractivity contribution in [2.24, 2.45) is 0 Å². The highest BCUT2D eigenvalue weighted by atomic mass is 32.1. The van der Waals surface area contributed by atoms with Crippen molar-refractivity contribution in [2.45, 2.75) is 63.8 Å². The zero-order chi connectivity index (χ0) is 16.4. The maximum atomic E-state index is 12.1. The van der Waals surface area contributed by atoms with Crippen molar-refractivity contribution >= 4 is 17.4 Å². The van der Waals surface area contributed by atoms with Gasteiger partial charge < -0.3 is 21.1 Å². The van der Waals surface area contributed by atoms with E-state index < -0.39 is 6.10 Å². The average Bonchev–Trinajstić information content (AvgIpc) is 2.85. The third kappa shape index (κ3) is 4.97. The normalized spacial score (nSPS) is 22.0. The average molecular weight is 325 g/mol. The van der Waals surface area contributed by atoms with Crippen LogP contribution < -0.4 is 16.0 Å². The van der Waals surface area contributed by atoms with Gasteiger partial charge in [0.05, 0.1) is 6.10 Å². The Kier molecular flexibility index (Phi) is 5.14. The number of aliphatic hydroxyl groups excluding tert-OH is 1. The maximum Gasteiger partial charge on any atom is 0.315 e. The van der Waals surface area contributed by atoms with Crippen LogP contribution in [0.1, 0.15) is 52.2 Å². The van der Waals surface area contributed by atoms with Gasteiger partial charge in [0.1, 0.15) is 0 Å². The van der Waals surface area contributed by atoms with Crippen molar-refractivity contribution in [3.05, 3.63) is 22.4 Å². The van der Waals surface area contributed by atoms with Crippen molar-refractivity contribution < 1.29 is 9.90 Å². The number of rotatable bonds is 4. The van der Waals surface area contributed by atoms with Crippen molar-refractivity contribution in [2.75, 3.05) is 6.54 Å². The Hall–Kier alpha value is -1.11. The number of urea groups is 1. The first-order valence-corrected chi connectivity index (χ1v) is 8.65. The summed E-state index contributed by atoms with van der Waals surface area (Å²) in [5.41, 5.74) is 0.834. The van der Waals surface area contributed by atoms with Crippen LogP contribution in [-0.4, -0.2) is 34.8 Å². The van der Waals surface area contributed by atoms with Gasteiger partial charge in [-0.15, -0.1) is 0 Å². The molecule has 4 N–H and O–H groups in total. The fraction of sp³-hybridized carbons (Fsp3) is 0.688. The largest absolute Gasteiger partial charge is 0.387 e. The molecule has 6 heteroatoms. The Morgan fingerprint density at radius 1 is 1.41 bits per heavy atom. The summed E-state index contributed by atoms with van der Waals surface area (Å²) in [5, 5.41) is 23.2. The van der Waals surface area contributed by atoms with Crippen LogP contribution in [0.15, 0.2) is 16.8 Å². The van der Waals surface area contributed by atoms with Gasteiger partial charge in [0.2, 0.25) is 0 Å². The summed E-state index contributed by atoms with van der Waals surface area (Å²) in [6, 6.07) is 1.78. The number of hydrogen-bond donors (Lipinski definition) is 4. The van der Waals surface area contributed by atoms with Gasteiger partial charge in [-0.1, -0.05) is 0 Å². The summed E-state index contributed by atoms with van der Waals surface area (Å²) in [6.45, 7) is 8.84. The Labute approximate surface area is 136 Å². The third-order valence-electron chi connectivity index (χ3n) is 3.91. The van der Waals surface area contributed by atoms with Gasteiger partial charge >= 0.3 is 6.03 Å². The van der Waals surface area contributed by atoms with E-state index in [1.807, 2.05) is 16.8 Å². The second kappa shape index (κ2) is 6.56. The van der Waals surface area contributed by atoms with Crippen molar-refractivity contribution in [3.63, 3.8) is 0 Å². The molecule has 1 aromatic rings. The summed E-state index contributed by atoms with van der Waals surface area (Å²) in [5.74, 6) is 0. The van der Waals surface area contributed by atoms with Crippen LogP contribution >= 0.6 is 11.3 Å². The first-order chi connectivity index (χ1) is 10.2. The number of hydrogen-bond acceptors (Lipinski definition) is 4. The summed E-state index contributed by atoms with van der Waals surface area (Å²) in [6.07, 6.45) is 1.12. The van der Waals surface area contributed by atoms with Crippen molar-refractivity contribution in [3.8, 4) is 0 Å². The van der Waals surface area contributed by atoms with Gasteiger partial charge in [-0.05, 0) is 62.9 Å². The third-order valence-corrected chi connectivity index (χ3v) is 4.61. The molecule has 1 aliphatic rings. The summed E-state index contributed by atoms with van der Waals surface area (Å²) >= 11 is 1.53. The second-order valence-corrected chi connectivity index (χ2v) is 8.20. The molecule has 2 amide bonds. The maximum absolute atomic E-state index is 12.1. The molecular weight excluding hydrogens is 298 g/mol. The van der Waals surface area contributed by atoms with E-state index in [0.717, 1.165) is 18.4 Å². The number of carbonyl (C=O) groups is 1. The topological polar surface area (TPSA) is 73.4 Å². The van der Waals surface area contributed by atoms with Gasteiger partial charge in [-0.3, -0.25) is 0 Å². The van der Waals surface area contributed by atoms with E-state index in [4.69, 9.17) is 0 Å². The van der Waals surface area contributed by atoms with Crippen LogP contribution in [0.2, 0.25) is 0 Å². The number of amides is 2. The van der Waals surface area contributed by atoms with E-state index in [1.165, 1.54) is 11.3 Å². The number of thiophene rings is 1. The monoisotopic (exact) mass is 325 g/mol. The van der Waals surface area contributed by atoms with Gasteiger partial charge in [-0.25, -0.2) is 4.79 Å². The molecule has 0 aromatic carbocycles. The molecule has 2 heterocycles. The molecule has 2 rings (SSSR count). The predicted octanol–water partition coefficient (Wildman–Crippen LogP) is 2.39. The predicted molar refractivity (Wildman–Crippen MR) is 90.1 cm³/mol.